The van der Waals surface area contributed by atoms with Gasteiger partial charge in [0, 0.05) is 0 Å². The summed E-state index contributed by atoms with van der Waals surface area (Å²) >= 11 is 0. The summed E-state index contributed by atoms with van der Waals surface area (Å²) < 4.78 is 9.00. The molecule has 0 heterocycles. The molecule has 73 heavy (non-hydrogen) atoms. The summed E-state index contributed by atoms with van der Waals surface area (Å²) in [7, 11) is -10.6. The van der Waals surface area contributed by atoms with Crippen molar-refractivity contribution >= 4 is 41.3 Å². The molecule has 0 aliphatic carbocycles. The molecule has 0 spiro atoms. The summed E-state index contributed by atoms with van der Waals surface area (Å²) in [6.45, 7) is 54.6. The Morgan fingerprint density at radius 1 is 0.315 bits per heavy atom. The molecule has 6 rings (SSSR count). The number of rotatable bonds is 8. The van der Waals surface area contributed by atoms with Crippen molar-refractivity contribution in [1.29, 1.82) is 0 Å². The van der Waals surface area contributed by atoms with Crippen LogP contribution in [0.15, 0.2) is 127 Å². The monoisotopic (exact) mass is 1020 g/mol. The zero-order chi connectivity index (χ0) is 55.2. The van der Waals surface area contributed by atoms with Gasteiger partial charge >= 0.3 is 448 Å². The Kier molecular flexibility index (Phi) is 15.1. The Labute approximate surface area is 445 Å². The normalized spacial score (nSPS) is 14.7. The van der Waals surface area contributed by atoms with Gasteiger partial charge in [0.1, 0.15) is 0 Å². The molecule has 0 aliphatic heterocycles. The summed E-state index contributed by atoms with van der Waals surface area (Å²) in [5.74, 6) is 0. The van der Waals surface area contributed by atoms with Crippen LogP contribution in [0, 0.1) is 0 Å². The van der Waals surface area contributed by atoms with E-state index in [1.165, 1.54) is 0 Å². The van der Waals surface area contributed by atoms with Crippen LogP contribution in [0.5, 0.6) is 0 Å². The predicted molar refractivity (Wildman–Crippen MR) is 326 cm³/mol. The van der Waals surface area contributed by atoms with Gasteiger partial charge in [-0.3, -0.25) is 0 Å². The Bertz CT molecular complexity index is 2820. The van der Waals surface area contributed by atoms with Gasteiger partial charge in [-0.2, -0.15) is 0 Å². The average molecular weight is 1020 g/mol. The minimum absolute atomic E-state index is 0.306. The molecule has 0 bridgehead atoms. The first-order valence-electron chi connectivity index (χ1n) is 26.9. The molecule has 0 saturated heterocycles. The van der Waals surface area contributed by atoms with Crippen molar-refractivity contribution in [2.24, 2.45) is 0 Å². The molecule has 396 valence electrons. The molecule has 0 aromatic heterocycles. The van der Waals surface area contributed by atoms with Crippen LogP contribution in [0.4, 0.5) is 0 Å². The van der Waals surface area contributed by atoms with E-state index in [4.69, 9.17) is 4.31 Å². The van der Waals surface area contributed by atoms with Crippen molar-refractivity contribution in [2.45, 2.75) is 209 Å². The van der Waals surface area contributed by atoms with Crippen molar-refractivity contribution in [3.8, 4) is 11.1 Å². The SMILES string of the molecule is CC(C)(C)c1cccc([PH](O)(OP(O)(c2ccccc2-c2ccccc2)(c2cccc(C(C)(C)C)c2C(C)(C)C)c2cccc(C(C)(C)C)c2C(C)(C)C)c2cccc(C(C)(C)C)c2C(C)(C)C)c1C(C)(C)C. The molecule has 6 aromatic rings. The molecular weight excluding hydrogens is 927 g/mol. The van der Waals surface area contributed by atoms with E-state index in [-0.39, 0.29) is 21.7 Å². The van der Waals surface area contributed by atoms with Gasteiger partial charge < -0.3 is 0 Å². The fourth-order valence-electron chi connectivity index (χ4n) is 11.9. The fraction of sp³-hybridized carbons (Fsp3) is 0.471. The second-order valence-electron chi connectivity index (χ2n) is 29.5. The maximum atomic E-state index is 17.0. The van der Waals surface area contributed by atoms with E-state index in [1.54, 1.807) is 0 Å². The Hall–Kier alpha value is -3.94. The predicted octanol–water partition coefficient (Wildman–Crippen LogP) is 16.6. The van der Waals surface area contributed by atoms with Crippen molar-refractivity contribution in [3.05, 3.63) is 172 Å². The van der Waals surface area contributed by atoms with Crippen molar-refractivity contribution in [3.63, 3.8) is 0 Å². The van der Waals surface area contributed by atoms with E-state index in [0.717, 1.165) is 76.9 Å². The number of benzene rings is 6. The fourth-order valence-corrected chi connectivity index (χ4v) is 22.8. The van der Waals surface area contributed by atoms with Gasteiger partial charge in [0.25, 0.3) is 0 Å². The van der Waals surface area contributed by atoms with Gasteiger partial charge in [0.05, 0.1) is 0 Å². The van der Waals surface area contributed by atoms with Crippen molar-refractivity contribution < 1.29 is 14.1 Å². The van der Waals surface area contributed by atoms with Crippen molar-refractivity contribution in [1.82, 2.24) is 0 Å². The zero-order valence-electron chi connectivity index (χ0n) is 49.9. The quantitative estimate of drug-likeness (QED) is 0.149. The van der Waals surface area contributed by atoms with Crippen LogP contribution in [0.3, 0.4) is 0 Å². The summed E-state index contributed by atoms with van der Waals surface area (Å²) in [4.78, 5) is 32.9. The molecule has 5 heteroatoms. The van der Waals surface area contributed by atoms with Crippen LogP contribution < -0.4 is 26.5 Å². The zero-order valence-corrected chi connectivity index (χ0v) is 51.8. The van der Waals surface area contributed by atoms with E-state index in [9.17, 15) is 0 Å². The Morgan fingerprint density at radius 3 is 0.932 bits per heavy atom. The van der Waals surface area contributed by atoms with E-state index in [2.05, 4.69) is 294 Å². The second kappa shape index (κ2) is 19.0. The second-order valence-corrected chi connectivity index (χ2v) is 36.0. The summed E-state index contributed by atoms with van der Waals surface area (Å²) in [6, 6.07) is 45.1. The van der Waals surface area contributed by atoms with Crippen LogP contribution in [-0.4, -0.2) is 9.79 Å². The third-order valence-corrected chi connectivity index (χ3v) is 23.4. The molecule has 0 fully saturated rings. The van der Waals surface area contributed by atoms with Crippen LogP contribution >= 0.6 is 14.8 Å². The van der Waals surface area contributed by atoms with E-state index in [0.29, 0.717) is 5.30 Å². The van der Waals surface area contributed by atoms with Crippen LogP contribution in [0.25, 0.3) is 11.1 Å². The molecule has 2 N–H and O–H groups in total. The van der Waals surface area contributed by atoms with Gasteiger partial charge in [-0.1, -0.05) is 0 Å². The molecule has 6 aromatic carbocycles. The third-order valence-electron chi connectivity index (χ3n) is 14.8. The Morgan fingerprint density at radius 2 is 0.603 bits per heavy atom. The summed E-state index contributed by atoms with van der Waals surface area (Å²) in [5.41, 5.74) is 7.26. The van der Waals surface area contributed by atoms with E-state index < -0.39 is 36.4 Å². The van der Waals surface area contributed by atoms with Gasteiger partial charge in [-0.15, -0.1) is 0 Å². The minimum atomic E-state index is -5.74. The first kappa shape index (κ1) is 58.3. The molecule has 0 radical (unpaired) electrons. The number of hydrogen-bond donors (Lipinski definition) is 2. The van der Waals surface area contributed by atoms with Crippen LogP contribution in [0.1, 0.15) is 211 Å². The molecule has 3 nitrogen and oxygen atoms in total. The van der Waals surface area contributed by atoms with E-state index >= 15 is 9.79 Å². The van der Waals surface area contributed by atoms with Crippen molar-refractivity contribution in [2.75, 3.05) is 0 Å². The standard InChI is InChI=1S/C68H96O3P2/c1-61(2,3)48-37-30-41-52(57(48)65(13,14)15)72(69,53-42-31-38-49(62(4,5)6)58(53)66(16,17)18)71-73(70,54-43-29-28-36-47(54)46-34-26-25-27-35-46,55-44-32-39-50(63(7,8)9)59(55)67(19,20)21)56-45-33-40-51(64(10,11)12)60(56)68(22,23)24/h25-45,69-70,72H,1-24H3. The summed E-state index contributed by atoms with van der Waals surface area (Å²) in [5, 5.41) is 3.65. The summed E-state index contributed by atoms with van der Waals surface area (Å²) in [6.07, 6.45) is 0. The van der Waals surface area contributed by atoms with Gasteiger partial charge in [-0.25, -0.2) is 0 Å². The molecular formula is C68H96O3P2. The van der Waals surface area contributed by atoms with E-state index in [1.807, 2.05) is 0 Å². The third kappa shape index (κ3) is 10.8. The topological polar surface area (TPSA) is 49.7 Å². The van der Waals surface area contributed by atoms with Crippen LogP contribution in [0.2, 0.25) is 0 Å². The first-order chi connectivity index (χ1) is 33.0. The van der Waals surface area contributed by atoms with Gasteiger partial charge in [0.15, 0.2) is 0 Å². The van der Waals surface area contributed by atoms with Gasteiger partial charge in [0.2, 0.25) is 0 Å². The van der Waals surface area contributed by atoms with Gasteiger partial charge in [-0.05, 0) is 0 Å². The average Bonchev–Trinajstić information content (AvgIpc) is 3.26. The first-order valence-corrected chi connectivity index (χ1v) is 30.9. The molecule has 0 amide bonds. The van der Waals surface area contributed by atoms with Crippen LogP contribution in [-0.2, 0) is 47.6 Å². The maximum absolute atomic E-state index is 17.0. The molecule has 0 atom stereocenters. The molecule has 0 unspecified atom stereocenters. The molecule has 0 saturated carbocycles. The Balaban J connectivity index is 2.18. The number of hydrogen-bond acceptors (Lipinski definition) is 3. The molecule has 0 aliphatic rings.